The molecule has 1 aliphatic heterocycles. The van der Waals surface area contributed by atoms with Crippen LogP contribution < -0.4 is 15.0 Å². The summed E-state index contributed by atoms with van der Waals surface area (Å²) in [5, 5.41) is 3.59. The second-order valence-corrected chi connectivity index (χ2v) is 16.6. The summed E-state index contributed by atoms with van der Waals surface area (Å²) in [4.78, 5) is 39.2. The van der Waals surface area contributed by atoms with Gasteiger partial charge in [0.1, 0.15) is 17.2 Å². The Kier molecular flexibility index (Phi) is 9.35. The van der Waals surface area contributed by atoms with Crippen molar-refractivity contribution >= 4 is 44.4 Å². The molecule has 1 unspecified atom stereocenters. The molecule has 0 bridgehead atoms. The second-order valence-electron chi connectivity index (χ2n) is 15.6. The fourth-order valence-electron chi connectivity index (χ4n) is 7.35. The number of pyridine rings is 1. The molecule has 1 N–H and O–H groups in total. The SMILES string of the molecule is Cc1c(OC2CCCC(C)(C)C2)cccc1-c1ccc(N2CCc3cccc(C(=O)Nc4nc5ccccc5s4)c3C2)nc1C(=O)OC(C)(C)C. The maximum absolute atomic E-state index is 13.9. The first-order valence-electron chi connectivity index (χ1n) is 17.9. The Morgan fingerprint density at radius 1 is 0.961 bits per heavy atom. The second kappa shape index (κ2) is 13.8. The topological polar surface area (TPSA) is 93.6 Å². The Labute approximate surface area is 304 Å². The first-order valence-corrected chi connectivity index (χ1v) is 18.7. The molecule has 3 aromatic carbocycles. The van der Waals surface area contributed by atoms with Crippen LogP contribution in [0.25, 0.3) is 21.3 Å². The maximum atomic E-state index is 13.9. The molecule has 5 aromatic rings. The highest BCUT2D eigenvalue weighted by atomic mass is 32.1. The molecule has 2 aromatic heterocycles. The number of hydrogen-bond donors (Lipinski definition) is 1. The molecule has 1 amide bonds. The van der Waals surface area contributed by atoms with Crippen molar-refractivity contribution in [3.63, 3.8) is 0 Å². The van der Waals surface area contributed by atoms with E-state index < -0.39 is 11.6 Å². The van der Waals surface area contributed by atoms with Crippen LogP contribution in [0.3, 0.4) is 0 Å². The molecule has 0 saturated heterocycles. The predicted molar refractivity (Wildman–Crippen MR) is 205 cm³/mol. The number of anilines is 2. The van der Waals surface area contributed by atoms with Crippen molar-refractivity contribution in [2.24, 2.45) is 5.41 Å². The maximum Gasteiger partial charge on any atom is 0.358 e. The Morgan fingerprint density at radius 3 is 2.55 bits per heavy atom. The van der Waals surface area contributed by atoms with Crippen molar-refractivity contribution in [1.82, 2.24) is 9.97 Å². The van der Waals surface area contributed by atoms with Crippen LogP contribution in [-0.2, 0) is 17.7 Å². The van der Waals surface area contributed by atoms with Crippen LogP contribution >= 0.6 is 11.3 Å². The van der Waals surface area contributed by atoms with Crippen LogP contribution in [0.1, 0.15) is 97.8 Å². The van der Waals surface area contributed by atoms with Crippen LogP contribution in [0.5, 0.6) is 5.75 Å². The van der Waals surface area contributed by atoms with E-state index >= 15 is 0 Å². The zero-order chi connectivity index (χ0) is 35.9. The Balaban J connectivity index is 1.19. The summed E-state index contributed by atoms with van der Waals surface area (Å²) < 4.78 is 13.6. The molecule has 8 nitrogen and oxygen atoms in total. The largest absolute Gasteiger partial charge is 0.490 e. The average molecular weight is 703 g/mol. The summed E-state index contributed by atoms with van der Waals surface area (Å²) in [6.07, 6.45) is 5.31. The van der Waals surface area contributed by atoms with Gasteiger partial charge in [-0.3, -0.25) is 10.1 Å². The van der Waals surface area contributed by atoms with Gasteiger partial charge in [0, 0.05) is 24.2 Å². The number of benzene rings is 3. The van der Waals surface area contributed by atoms with Gasteiger partial charge in [-0.15, -0.1) is 0 Å². The van der Waals surface area contributed by atoms with Crippen molar-refractivity contribution in [2.45, 2.75) is 91.9 Å². The lowest BCUT2D eigenvalue weighted by Gasteiger charge is -2.35. The predicted octanol–water partition coefficient (Wildman–Crippen LogP) is 9.78. The molecular formula is C42H46N4O4S. The van der Waals surface area contributed by atoms with Gasteiger partial charge >= 0.3 is 5.97 Å². The normalized spacial score (nSPS) is 17.1. The van der Waals surface area contributed by atoms with E-state index in [0.29, 0.717) is 35.2 Å². The number of carbonyl (C=O) groups is 2. The van der Waals surface area contributed by atoms with Crippen LogP contribution in [-0.4, -0.2) is 40.1 Å². The van der Waals surface area contributed by atoms with Crippen molar-refractivity contribution in [3.8, 4) is 16.9 Å². The minimum Gasteiger partial charge on any atom is -0.490 e. The molecule has 7 rings (SSSR count). The van der Waals surface area contributed by atoms with Crippen LogP contribution in [0.4, 0.5) is 10.9 Å². The summed E-state index contributed by atoms with van der Waals surface area (Å²) in [6.45, 7) is 13.4. The minimum absolute atomic E-state index is 0.156. The van der Waals surface area contributed by atoms with Crippen molar-refractivity contribution in [1.29, 1.82) is 0 Å². The highest BCUT2D eigenvalue weighted by Gasteiger charge is 2.31. The molecule has 0 radical (unpaired) electrons. The van der Waals surface area contributed by atoms with Gasteiger partial charge in [-0.25, -0.2) is 14.8 Å². The third-order valence-corrected chi connectivity index (χ3v) is 10.8. The zero-order valence-corrected chi connectivity index (χ0v) is 31.2. The van der Waals surface area contributed by atoms with E-state index in [1.807, 2.05) is 94.4 Å². The average Bonchev–Trinajstić information content (AvgIpc) is 3.49. The third-order valence-electron chi connectivity index (χ3n) is 9.86. The molecular weight excluding hydrogens is 657 g/mol. The zero-order valence-electron chi connectivity index (χ0n) is 30.3. The molecule has 3 heterocycles. The number of nitrogens with one attached hydrogen (secondary N) is 1. The fraction of sp³-hybridized carbons (Fsp3) is 0.381. The van der Waals surface area contributed by atoms with Crippen molar-refractivity contribution < 1.29 is 19.1 Å². The van der Waals surface area contributed by atoms with E-state index in [1.165, 1.54) is 17.8 Å². The standard InChI is InChI=1S/C42H46N4O4S/c1-26-29(14-10-17-34(26)49-28-13-11-22-42(5,6)24-28)30-19-20-36(44-37(30)39(48)50-41(2,3)4)46-23-21-27-12-9-15-31(32(27)25-46)38(47)45-40-43-33-16-7-8-18-35(33)51-40/h7-10,12,14-20,28H,11,13,21-25H2,1-6H3,(H,43,45,47). The number of nitrogens with zero attached hydrogens (tertiary/aromatic N) is 3. The lowest BCUT2D eigenvalue weighted by Crippen LogP contribution is -2.33. The van der Waals surface area contributed by atoms with Gasteiger partial charge in [0.05, 0.1) is 16.3 Å². The van der Waals surface area contributed by atoms with E-state index in [9.17, 15) is 9.59 Å². The molecule has 51 heavy (non-hydrogen) atoms. The number of rotatable bonds is 7. The lowest BCUT2D eigenvalue weighted by atomic mass is 9.76. The lowest BCUT2D eigenvalue weighted by molar-refractivity contribution is 0.00637. The highest BCUT2D eigenvalue weighted by molar-refractivity contribution is 7.22. The van der Waals surface area contributed by atoms with E-state index in [-0.39, 0.29) is 23.1 Å². The number of hydrogen-bond acceptors (Lipinski definition) is 8. The summed E-state index contributed by atoms with van der Waals surface area (Å²) in [6, 6.07) is 23.7. The molecule has 9 heteroatoms. The highest BCUT2D eigenvalue weighted by Crippen LogP contribution is 2.40. The minimum atomic E-state index is -0.699. The van der Waals surface area contributed by atoms with Crippen LogP contribution in [0.15, 0.2) is 72.8 Å². The van der Waals surface area contributed by atoms with Crippen LogP contribution in [0.2, 0.25) is 0 Å². The van der Waals surface area contributed by atoms with Gasteiger partial charge in [0.2, 0.25) is 0 Å². The van der Waals surface area contributed by atoms with Gasteiger partial charge in [-0.2, -0.15) is 0 Å². The molecule has 1 saturated carbocycles. The smallest absolute Gasteiger partial charge is 0.358 e. The van der Waals surface area contributed by atoms with E-state index in [2.05, 4.69) is 35.1 Å². The number of amides is 1. The fourth-order valence-corrected chi connectivity index (χ4v) is 8.21. The first-order chi connectivity index (χ1) is 24.3. The van der Waals surface area contributed by atoms with Crippen molar-refractivity contribution in [2.75, 3.05) is 16.8 Å². The quantitative estimate of drug-likeness (QED) is 0.169. The number of fused-ring (bicyclic) bond motifs is 2. The van der Waals surface area contributed by atoms with Gasteiger partial charge in [-0.05, 0) is 124 Å². The van der Waals surface area contributed by atoms with Gasteiger partial charge in [-0.1, -0.05) is 61.6 Å². The Hall–Kier alpha value is -4.76. The van der Waals surface area contributed by atoms with Crippen molar-refractivity contribution in [3.05, 3.63) is 101 Å². The molecule has 1 atom stereocenters. The van der Waals surface area contributed by atoms with E-state index in [1.54, 1.807) is 0 Å². The Bertz CT molecular complexity index is 2080. The number of para-hydroxylation sites is 1. The number of aromatic nitrogens is 2. The molecule has 264 valence electrons. The molecule has 0 spiro atoms. The molecule has 2 aliphatic rings. The van der Waals surface area contributed by atoms with Gasteiger partial charge in [0.15, 0.2) is 10.8 Å². The van der Waals surface area contributed by atoms with E-state index in [0.717, 1.165) is 63.9 Å². The Morgan fingerprint density at radius 2 is 1.76 bits per heavy atom. The third kappa shape index (κ3) is 7.64. The summed E-state index contributed by atoms with van der Waals surface area (Å²) >= 11 is 1.46. The van der Waals surface area contributed by atoms with E-state index in [4.69, 9.17) is 14.5 Å². The number of ether oxygens (including phenoxy) is 2. The van der Waals surface area contributed by atoms with Gasteiger partial charge < -0.3 is 14.4 Å². The molecule has 1 fully saturated rings. The molecule has 1 aliphatic carbocycles. The first kappa shape index (κ1) is 34.7. The number of esters is 1. The number of carbonyl (C=O) groups excluding carboxylic acids is 2. The summed E-state index contributed by atoms with van der Waals surface area (Å²) in [7, 11) is 0. The number of thiazole rings is 1. The summed E-state index contributed by atoms with van der Waals surface area (Å²) in [5.74, 6) is 0.812. The summed E-state index contributed by atoms with van der Waals surface area (Å²) in [5.41, 5.74) is 5.91. The van der Waals surface area contributed by atoms with Gasteiger partial charge in [0.25, 0.3) is 5.91 Å². The van der Waals surface area contributed by atoms with Crippen LogP contribution in [0, 0.1) is 12.3 Å². The monoisotopic (exact) mass is 702 g/mol.